The molecule has 0 nitrogen and oxygen atoms in total. The number of hydrogen-bond donors (Lipinski definition) is 0. The van der Waals surface area contributed by atoms with E-state index in [2.05, 4.69) is 110 Å². The van der Waals surface area contributed by atoms with Gasteiger partial charge in [-0.15, -0.1) is 12.3 Å². The minimum absolute atomic E-state index is 0. The van der Waals surface area contributed by atoms with Crippen LogP contribution in [-0.2, 0) is 11.8 Å². The summed E-state index contributed by atoms with van der Waals surface area (Å²) < 4.78 is 0. The van der Waals surface area contributed by atoms with Crippen LogP contribution in [0.15, 0.2) is 97.1 Å². The molecule has 0 fully saturated rings. The van der Waals surface area contributed by atoms with Gasteiger partial charge in [-0.2, -0.15) is 0 Å². The van der Waals surface area contributed by atoms with Gasteiger partial charge in [0.1, 0.15) is 0 Å². The molecule has 0 saturated heterocycles. The second-order valence-electron chi connectivity index (χ2n) is 8.30. The first-order valence-electron chi connectivity index (χ1n) is 12.5. The molecule has 0 bridgehead atoms. The van der Waals surface area contributed by atoms with Crippen molar-refractivity contribution in [1.29, 1.82) is 0 Å². The van der Waals surface area contributed by atoms with Crippen LogP contribution in [0.2, 0.25) is 0 Å². The first-order valence-corrected chi connectivity index (χ1v) is 12.5. The van der Waals surface area contributed by atoms with Crippen LogP contribution in [0.3, 0.4) is 0 Å². The molecule has 180 valence electrons. The third-order valence-corrected chi connectivity index (χ3v) is 6.49. The Labute approximate surface area is 214 Å². The standard InChI is InChI=1S/C17H14.C13H10.2C2H6.CH4/c1-3-12-17(2)15-10-6-4-8-13(15)14-9-5-7-11-16(14)17;1-3-7-12-10(5-1)9-11-6-2-4-8-13(11)12;2*1-2;/h1,4-11H,12H2,2H3;1-8H,9H2;2*1-2H3;1H4. The number of benzene rings is 4. The van der Waals surface area contributed by atoms with Crippen molar-refractivity contribution in [2.45, 2.75) is 60.3 Å². The normalized spacial score (nSPS) is 12.1. The highest BCUT2D eigenvalue weighted by molar-refractivity contribution is 5.81. The van der Waals surface area contributed by atoms with Gasteiger partial charge in [0, 0.05) is 11.8 Å². The second kappa shape index (κ2) is 12.8. The van der Waals surface area contributed by atoms with E-state index in [1.165, 1.54) is 44.5 Å². The number of fused-ring (bicyclic) bond motifs is 6. The zero-order valence-electron chi connectivity index (χ0n) is 21.2. The smallest absolute Gasteiger partial charge is 0.0296 e. The second-order valence-corrected chi connectivity index (χ2v) is 8.30. The zero-order chi connectivity index (χ0) is 24.6. The van der Waals surface area contributed by atoms with Crippen LogP contribution in [0.5, 0.6) is 0 Å². The molecule has 0 saturated carbocycles. The zero-order valence-corrected chi connectivity index (χ0v) is 21.2. The molecule has 6 rings (SSSR count). The Morgan fingerprint density at radius 1 is 0.600 bits per heavy atom. The van der Waals surface area contributed by atoms with Gasteiger partial charge in [0.25, 0.3) is 0 Å². The van der Waals surface area contributed by atoms with Crippen LogP contribution in [0.1, 0.15) is 70.7 Å². The molecule has 0 aliphatic heterocycles. The van der Waals surface area contributed by atoms with Crippen LogP contribution in [0.4, 0.5) is 0 Å². The Morgan fingerprint density at radius 2 is 0.943 bits per heavy atom. The minimum atomic E-state index is -0.0259. The third kappa shape index (κ3) is 5.26. The Kier molecular flexibility index (Phi) is 10.1. The number of rotatable bonds is 1. The fourth-order valence-electron chi connectivity index (χ4n) is 5.02. The molecule has 4 aromatic carbocycles. The minimum Gasteiger partial charge on any atom is -0.120 e. The quantitative estimate of drug-likeness (QED) is 0.218. The lowest BCUT2D eigenvalue weighted by molar-refractivity contribution is 0.607. The molecule has 35 heavy (non-hydrogen) atoms. The molecule has 4 aromatic rings. The van der Waals surface area contributed by atoms with Crippen LogP contribution < -0.4 is 0 Å². The molecule has 0 heterocycles. The van der Waals surface area contributed by atoms with Crippen molar-refractivity contribution >= 4 is 0 Å². The number of hydrogen-bond acceptors (Lipinski definition) is 0. The van der Waals surface area contributed by atoms with E-state index in [1.807, 2.05) is 27.7 Å². The van der Waals surface area contributed by atoms with Gasteiger partial charge >= 0.3 is 0 Å². The molecule has 0 atom stereocenters. The van der Waals surface area contributed by atoms with Gasteiger partial charge < -0.3 is 0 Å². The van der Waals surface area contributed by atoms with Gasteiger partial charge in [0.2, 0.25) is 0 Å². The number of terminal acetylenes is 1. The predicted molar refractivity (Wildman–Crippen MR) is 156 cm³/mol. The van der Waals surface area contributed by atoms with Crippen molar-refractivity contribution in [2.24, 2.45) is 0 Å². The highest BCUT2D eigenvalue weighted by Gasteiger charge is 2.37. The van der Waals surface area contributed by atoms with Gasteiger partial charge in [-0.1, -0.05) is 139 Å². The Balaban J connectivity index is 0.000000216. The molecule has 0 amide bonds. The van der Waals surface area contributed by atoms with Crippen LogP contribution in [0.25, 0.3) is 22.3 Å². The monoisotopic (exact) mass is 460 g/mol. The van der Waals surface area contributed by atoms with E-state index >= 15 is 0 Å². The summed E-state index contributed by atoms with van der Waals surface area (Å²) in [4.78, 5) is 0. The lowest BCUT2D eigenvalue weighted by atomic mass is 9.78. The average Bonchev–Trinajstić information content (AvgIpc) is 3.41. The fourth-order valence-corrected chi connectivity index (χ4v) is 5.02. The largest absolute Gasteiger partial charge is 0.120 e. The summed E-state index contributed by atoms with van der Waals surface area (Å²) in [6, 6.07) is 34.5. The summed E-state index contributed by atoms with van der Waals surface area (Å²) in [7, 11) is 0. The van der Waals surface area contributed by atoms with Crippen molar-refractivity contribution < 1.29 is 0 Å². The maximum Gasteiger partial charge on any atom is 0.0296 e. The van der Waals surface area contributed by atoms with E-state index in [9.17, 15) is 0 Å². The van der Waals surface area contributed by atoms with Crippen molar-refractivity contribution in [1.82, 2.24) is 0 Å². The summed E-state index contributed by atoms with van der Waals surface area (Å²) in [6.45, 7) is 10.2. The predicted octanol–water partition coefficient (Wildman–Crippen LogP) is 9.94. The van der Waals surface area contributed by atoms with Gasteiger partial charge in [0.15, 0.2) is 0 Å². The molecule has 0 aromatic heterocycles. The molecule has 0 N–H and O–H groups in total. The van der Waals surface area contributed by atoms with Crippen LogP contribution >= 0.6 is 0 Å². The molecule has 2 aliphatic rings. The maximum absolute atomic E-state index is 5.56. The molecular formula is C35H40. The lowest BCUT2D eigenvalue weighted by Crippen LogP contribution is -2.19. The molecule has 2 aliphatic carbocycles. The highest BCUT2D eigenvalue weighted by atomic mass is 14.4. The van der Waals surface area contributed by atoms with Crippen molar-refractivity contribution in [3.05, 3.63) is 119 Å². The van der Waals surface area contributed by atoms with Crippen molar-refractivity contribution in [3.8, 4) is 34.6 Å². The SMILES string of the molecule is C.C#CCC1(C)c2ccccc2-c2ccccc21.CC.CC.c1ccc2c(c1)Cc1ccccc1-2. The van der Waals surface area contributed by atoms with Gasteiger partial charge in [-0.05, 0) is 50.9 Å². The van der Waals surface area contributed by atoms with Gasteiger partial charge in [-0.25, -0.2) is 0 Å². The van der Waals surface area contributed by atoms with Crippen molar-refractivity contribution in [3.63, 3.8) is 0 Å². The Bertz CT molecular complexity index is 1180. The van der Waals surface area contributed by atoms with Gasteiger partial charge in [0.05, 0.1) is 0 Å². The average molecular weight is 461 g/mol. The van der Waals surface area contributed by atoms with Crippen LogP contribution in [-0.4, -0.2) is 0 Å². The lowest BCUT2D eigenvalue weighted by Gasteiger charge is -2.24. The molecule has 0 heteroatoms. The molecule has 0 radical (unpaired) electrons. The topological polar surface area (TPSA) is 0 Å². The first kappa shape index (κ1) is 27.7. The van der Waals surface area contributed by atoms with Gasteiger partial charge in [-0.3, -0.25) is 0 Å². The summed E-state index contributed by atoms with van der Waals surface area (Å²) in [5.41, 5.74) is 11.1. The molecular weight excluding hydrogens is 420 g/mol. The molecule has 0 unspecified atom stereocenters. The fraction of sp³-hybridized carbons (Fsp3) is 0.257. The highest BCUT2D eigenvalue weighted by Crippen LogP contribution is 2.50. The van der Waals surface area contributed by atoms with E-state index in [-0.39, 0.29) is 12.8 Å². The van der Waals surface area contributed by atoms with E-state index in [4.69, 9.17) is 6.42 Å². The third-order valence-electron chi connectivity index (χ3n) is 6.49. The van der Waals surface area contributed by atoms with Crippen molar-refractivity contribution in [2.75, 3.05) is 0 Å². The summed E-state index contributed by atoms with van der Waals surface area (Å²) in [5, 5.41) is 0. The van der Waals surface area contributed by atoms with E-state index in [1.54, 1.807) is 0 Å². The van der Waals surface area contributed by atoms with E-state index < -0.39 is 0 Å². The van der Waals surface area contributed by atoms with E-state index in [0.29, 0.717) is 0 Å². The summed E-state index contributed by atoms with van der Waals surface area (Å²) in [6.07, 6.45) is 7.41. The Hall–Kier alpha value is -3.56. The molecule has 0 spiro atoms. The van der Waals surface area contributed by atoms with Crippen LogP contribution in [0, 0.1) is 12.3 Å². The maximum atomic E-state index is 5.56. The summed E-state index contributed by atoms with van der Waals surface area (Å²) >= 11 is 0. The Morgan fingerprint density at radius 3 is 1.34 bits per heavy atom. The van der Waals surface area contributed by atoms with E-state index in [0.717, 1.165) is 12.8 Å². The summed E-state index contributed by atoms with van der Waals surface area (Å²) in [5.74, 6) is 2.83. The first-order chi connectivity index (χ1) is 16.7.